The molecule has 0 aliphatic carbocycles. The first-order chi connectivity index (χ1) is 20.9. The minimum atomic E-state index is -0.118. The summed E-state index contributed by atoms with van der Waals surface area (Å²) in [7, 11) is 0. The Bertz CT molecular complexity index is 1800. The van der Waals surface area contributed by atoms with Gasteiger partial charge >= 0.3 is 0 Å². The summed E-state index contributed by atoms with van der Waals surface area (Å²) in [6, 6.07) is 28.0. The maximum atomic E-state index is 11.5. The Morgan fingerprint density at radius 3 is 1.18 bits per heavy atom. The first-order valence-corrected chi connectivity index (χ1v) is 16.4. The monoisotopic (exact) mass is 616 g/mol. The number of benzene rings is 2. The zero-order chi connectivity index (χ0) is 31.2. The van der Waals surface area contributed by atoms with E-state index in [2.05, 4.69) is 53.7 Å². The topological polar surface area (TPSA) is 66.2 Å². The fourth-order valence-corrected chi connectivity index (χ4v) is 6.71. The van der Waals surface area contributed by atoms with Crippen LogP contribution in [-0.2, 0) is 10.8 Å². The van der Waals surface area contributed by atoms with Crippen molar-refractivity contribution in [1.82, 2.24) is 9.97 Å². The van der Waals surface area contributed by atoms with Gasteiger partial charge in [-0.3, -0.25) is 0 Å². The molecule has 0 saturated heterocycles. The molecule has 44 heavy (non-hydrogen) atoms. The predicted octanol–water partition coefficient (Wildman–Crippen LogP) is 10.9. The van der Waals surface area contributed by atoms with Crippen LogP contribution in [0.5, 0.6) is 11.5 Å². The van der Waals surface area contributed by atoms with Gasteiger partial charge in [-0.15, -0.1) is 22.7 Å². The van der Waals surface area contributed by atoms with E-state index < -0.39 is 0 Å². The number of phenolic OH excluding ortho intramolecular Hbond substituents is 2. The molecule has 6 aromatic rings. The Balaban J connectivity index is 1.47. The van der Waals surface area contributed by atoms with Gasteiger partial charge in [-0.05, 0) is 93.4 Å². The van der Waals surface area contributed by atoms with Crippen molar-refractivity contribution in [3.05, 3.63) is 107 Å². The lowest BCUT2D eigenvalue weighted by Gasteiger charge is -2.22. The zero-order valence-electron chi connectivity index (χ0n) is 25.8. The van der Waals surface area contributed by atoms with E-state index in [9.17, 15) is 10.2 Å². The number of thiophene rings is 2. The molecule has 0 amide bonds. The van der Waals surface area contributed by atoms with Gasteiger partial charge in [0.25, 0.3) is 0 Å². The van der Waals surface area contributed by atoms with E-state index in [1.807, 2.05) is 83.6 Å². The lowest BCUT2D eigenvalue weighted by Crippen LogP contribution is -2.11. The van der Waals surface area contributed by atoms with Crippen molar-refractivity contribution in [3.63, 3.8) is 0 Å². The molecule has 2 aromatic carbocycles. The summed E-state index contributed by atoms with van der Waals surface area (Å²) >= 11 is 3.21. The number of hydrogen-bond donors (Lipinski definition) is 2. The number of aromatic nitrogens is 2. The van der Waals surface area contributed by atoms with Crippen LogP contribution in [0, 0.1) is 0 Å². The fraction of sp³-hybridized carbons (Fsp3) is 0.211. The fourth-order valence-electron chi connectivity index (χ4n) is 5.22. The average molecular weight is 617 g/mol. The summed E-state index contributed by atoms with van der Waals surface area (Å²) in [6.07, 6.45) is 0. The second kappa shape index (κ2) is 11.3. The van der Waals surface area contributed by atoms with Gasteiger partial charge in [0.2, 0.25) is 0 Å². The molecule has 6 heteroatoms. The molecule has 4 nitrogen and oxygen atoms in total. The molecule has 2 N–H and O–H groups in total. The summed E-state index contributed by atoms with van der Waals surface area (Å²) in [5.74, 6) is 0.439. The molecule has 0 fully saturated rings. The molecule has 0 radical (unpaired) electrons. The molecule has 4 aromatic heterocycles. The van der Waals surface area contributed by atoms with Crippen molar-refractivity contribution in [2.75, 3.05) is 0 Å². The van der Waals surface area contributed by atoms with Gasteiger partial charge in [-0.25, -0.2) is 9.97 Å². The van der Waals surface area contributed by atoms with Crippen LogP contribution in [0.1, 0.15) is 52.7 Å². The van der Waals surface area contributed by atoms with Crippen LogP contribution in [0.3, 0.4) is 0 Å². The van der Waals surface area contributed by atoms with E-state index in [1.54, 1.807) is 22.7 Å². The van der Waals surface area contributed by atoms with E-state index in [0.717, 1.165) is 32.0 Å². The largest absolute Gasteiger partial charge is 0.507 e. The standard InChI is InChI=1S/C38H36N2O2S2/c1-37(2,3)23-19-25(35(41)27(21-23)33-15-9-17-43-33)29-11-7-13-31(39-29)32-14-8-12-30(40-32)26-20-24(38(4,5)6)22-28(36(26)42)34-16-10-18-44-34/h7-22,41-42H,1-6H3. The van der Waals surface area contributed by atoms with Crippen LogP contribution < -0.4 is 0 Å². The Morgan fingerprint density at radius 1 is 0.477 bits per heavy atom. The van der Waals surface area contributed by atoms with E-state index in [-0.39, 0.29) is 22.3 Å². The molecule has 4 heterocycles. The van der Waals surface area contributed by atoms with Gasteiger partial charge in [-0.1, -0.05) is 65.8 Å². The summed E-state index contributed by atoms with van der Waals surface area (Å²) < 4.78 is 0. The van der Waals surface area contributed by atoms with E-state index in [1.165, 1.54) is 0 Å². The summed E-state index contributed by atoms with van der Waals surface area (Å²) in [6.45, 7) is 13.1. The Labute approximate surface area is 267 Å². The van der Waals surface area contributed by atoms with Crippen molar-refractivity contribution in [2.24, 2.45) is 0 Å². The van der Waals surface area contributed by atoms with Crippen molar-refractivity contribution in [1.29, 1.82) is 0 Å². The van der Waals surface area contributed by atoms with Crippen molar-refractivity contribution >= 4 is 22.7 Å². The second-order valence-electron chi connectivity index (χ2n) is 13.1. The normalized spacial score (nSPS) is 12.0. The van der Waals surface area contributed by atoms with Crippen LogP contribution in [0.25, 0.3) is 54.8 Å². The lowest BCUT2D eigenvalue weighted by atomic mass is 9.84. The van der Waals surface area contributed by atoms with Crippen LogP contribution in [0.4, 0.5) is 0 Å². The highest BCUT2D eigenvalue weighted by Gasteiger charge is 2.23. The average Bonchev–Trinajstić information content (AvgIpc) is 3.72. The molecule has 0 spiro atoms. The number of hydrogen-bond acceptors (Lipinski definition) is 6. The minimum absolute atomic E-state index is 0.118. The van der Waals surface area contributed by atoms with Crippen LogP contribution in [-0.4, -0.2) is 20.2 Å². The number of phenols is 2. The van der Waals surface area contributed by atoms with E-state index in [0.29, 0.717) is 33.9 Å². The molecule has 0 aliphatic heterocycles. The van der Waals surface area contributed by atoms with Gasteiger partial charge in [0.1, 0.15) is 11.5 Å². The second-order valence-corrected chi connectivity index (χ2v) is 15.0. The van der Waals surface area contributed by atoms with Gasteiger partial charge in [0.15, 0.2) is 0 Å². The number of rotatable bonds is 5. The van der Waals surface area contributed by atoms with Crippen LogP contribution in [0.15, 0.2) is 95.7 Å². The summed E-state index contributed by atoms with van der Waals surface area (Å²) in [5.41, 5.74) is 7.73. The Hall–Kier alpha value is -4.26. The van der Waals surface area contributed by atoms with Crippen LogP contribution in [0.2, 0.25) is 0 Å². The van der Waals surface area contributed by atoms with Gasteiger partial charge in [-0.2, -0.15) is 0 Å². The maximum absolute atomic E-state index is 11.5. The lowest BCUT2D eigenvalue weighted by molar-refractivity contribution is 0.477. The number of nitrogens with zero attached hydrogens (tertiary/aromatic N) is 2. The van der Waals surface area contributed by atoms with Crippen molar-refractivity contribution in [2.45, 2.75) is 52.4 Å². The highest BCUT2D eigenvalue weighted by Crippen LogP contribution is 2.45. The zero-order valence-corrected chi connectivity index (χ0v) is 27.5. The van der Waals surface area contributed by atoms with Crippen molar-refractivity contribution in [3.8, 4) is 66.3 Å². The van der Waals surface area contributed by atoms with Crippen LogP contribution >= 0.6 is 22.7 Å². The third-order valence-electron chi connectivity index (χ3n) is 7.84. The molecule has 0 saturated carbocycles. The van der Waals surface area contributed by atoms with Gasteiger partial charge in [0.05, 0.1) is 22.8 Å². The maximum Gasteiger partial charge on any atom is 0.133 e. The number of aromatic hydroxyl groups is 2. The van der Waals surface area contributed by atoms with Gasteiger partial charge < -0.3 is 10.2 Å². The Kier molecular flexibility index (Phi) is 7.68. The third-order valence-corrected chi connectivity index (χ3v) is 9.64. The highest BCUT2D eigenvalue weighted by atomic mass is 32.1. The van der Waals surface area contributed by atoms with E-state index in [4.69, 9.17) is 9.97 Å². The first kappa shape index (κ1) is 29.8. The third kappa shape index (κ3) is 5.80. The molecule has 0 bridgehead atoms. The smallest absolute Gasteiger partial charge is 0.133 e. The minimum Gasteiger partial charge on any atom is -0.507 e. The van der Waals surface area contributed by atoms with E-state index >= 15 is 0 Å². The molecule has 0 atom stereocenters. The predicted molar refractivity (Wildman–Crippen MR) is 186 cm³/mol. The molecule has 0 aliphatic rings. The first-order valence-electron chi connectivity index (χ1n) is 14.7. The molecular weight excluding hydrogens is 581 g/mol. The summed E-state index contributed by atoms with van der Waals surface area (Å²) in [5, 5.41) is 27.1. The summed E-state index contributed by atoms with van der Waals surface area (Å²) in [4.78, 5) is 12.1. The molecular formula is C38H36N2O2S2. The van der Waals surface area contributed by atoms with Gasteiger partial charge in [0, 0.05) is 32.0 Å². The van der Waals surface area contributed by atoms with Crippen molar-refractivity contribution < 1.29 is 10.2 Å². The molecule has 222 valence electrons. The number of pyridine rings is 2. The molecule has 0 unspecified atom stereocenters. The Morgan fingerprint density at radius 2 is 0.841 bits per heavy atom. The quantitative estimate of drug-likeness (QED) is 0.202. The molecule has 6 rings (SSSR count). The highest BCUT2D eigenvalue weighted by molar-refractivity contribution is 7.13. The SMILES string of the molecule is CC(C)(C)c1cc(-c2cccc(-c3cccc(-c4cc(C(C)(C)C)cc(-c5cccs5)c4O)n3)n2)c(O)c(-c2cccs2)c1.